The van der Waals surface area contributed by atoms with Gasteiger partial charge in [0.05, 0.1) is 5.92 Å². The quantitative estimate of drug-likeness (QED) is 0.828. The molecule has 4 nitrogen and oxygen atoms in total. The normalized spacial score (nSPS) is 15.7. The third-order valence-corrected chi connectivity index (χ3v) is 5.04. The summed E-state index contributed by atoms with van der Waals surface area (Å²) in [6.45, 7) is 6.02. The molecule has 2 aromatic rings. The molecule has 1 saturated heterocycles. The lowest BCUT2D eigenvalue weighted by atomic mass is 9.87. The first-order valence-corrected chi connectivity index (χ1v) is 9.36. The van der Waals surface area contributed by atoms with Gasteiger partial charge in [-0.2, -0.15) is 0 Å². The molecule has 0 saturated carbocycles. The zero-order valence-corrected chi connectivity index (χ0v) is 15.8. The third-order valence-electron chi connectivity index (χ3n) is 5.04. The molecule has 1 aliphatic rings. The molecule has 2 aromatic carbocycles. The smallest absolute Gasteiger partial charge is 0.254 e. The van der Waals surface area contributed by atoms with Gasteiger partial charge in [0.1, 0.15) is 5.82 Å². The second kappa shape index (κ2) is 8.33. The van der Waals surface area contributed by atoms with Crippen molar-refractivity contribution in [3.8, 4) is 0 Å². The fraction of sp³-hybridized carbons (Fsp3) is 0.364. The average molecular weight is 368 g/mol. The molecule has 0 bridgehead atoms. The molecule has 0 N–H and O–H groups in total. The Morgan fingerprint density at radius 2 is 1.52 bits per heavy atom. The molecule has 1 heterocycles. The molecule has 1 unspecified atom stereocenters. The van der Waals surface area contributed by atoms with E-state index < -0.39 is 5.82 Å². The zero-order valence-electron chi connectivity index (χ0n) is 15.8. The second-order valence-corrected chi connectivity index (χ2v) is 7.26. The molecule has 2 amide bonds. The summed E-state index contributed by atoms with van der Waals surface area (Å²) in [7, 11) is 0. The van der Waals surface area contributed by atoms with Crippen molar-refractivity contribution in [1.82, 2.24) is 9.80 Å². The molecule has 27 heavy (non-hydrogen) atoms. The molecular weight excluding hydrogens is 343 g/mol. The molecule has 0 spiro atoms. The molecule has 0 aliphatic carbocycles. The van der Waals surface area contributed by atoms with E-state index in [9.17, 15) is 14.0 Å². The molecule has 142 valence electrons. The number of hydrogen-bond donors (Lipinski definition) is 0. The van der Waals surface area contributed by atoms with E-state index in [0.717, 1.165) is 5.56 Å². The van der Waals surface area contributed by atoms with Gasteiger partial charge in [0, 0.05) is 31.7 Å². The van der Waals surface area contributed by atoms with Crippen LogP contribution in [0.1, 0.15) is 35.7 Å². The van der Waals surface area contributed by atoms with Gasteiger partial charge in [-0.1, -0.05) is 50.2 Å². The van der Waals surface area contributed by atoms with E-state index >= 15 is 0 Å². The van der Waals surface area contributed by atoms with E-state index in [1.165, 1.54) is 18.2 Å². The summed E-state index contributed by atoms with van der Waals surface area (Å²) in [5, 5.41) is 0. The monoisotopic (exact) mass is 368 g/mol. The second-order valence-electron chi connectivity index (χ2n) is 7.26. The number of amides is 2. The first kappa shape index (κ1) is 19.1. The lowest BCUT2D eigenvalue weighted by molar-refractivity contribution is -0.135. The van der Waals surface area contributed by atoms with Crippen molar-refractivity contribution in [2.75, 3.05) is 26.2 Å². The number of carbonyl (C=O) groups excluding carboxylic acids is 2. The molecule has 0 radical (unpaired) electrons. The number of benzene rings is 2. The van der Waals surface area contributed by atoms with Crippen molar-refractivity contribution in [2.24, 2.45) is 5.92 Å². The SMILES string of the molecule is CC(C)C(C(=O)N1CCN(C(=O)c2cccc(F)c2)CC1)c1ccccc1. The van der Waals surface area contributed by atoms with Crippen molar-refractivity contribution in [2.45, 2.75) is 19.8 Å². The standard InChI is InChI=1S/C22H25FN2O2/c1-16(2)20(17-7-4-3-5-8-17)22(27)25-13-11-24(12-14-25)21(26)18-9-6-10-19(23)15-18/h3-10,15-16,20H,11-14H2,1-2H3. The minimum atomic E-state index is -0.419. The number of rotatable bonds is 4. The van der Waals surface area contributed by atoms with Gasteiger partial charge >= 0.3 is 0 Å². The first-order valence-electron chi connectivity index (χ1n) is 9.36. The van der Waals surface area contributed by atoms with Gasteiger partial charge in [-0.05, 0) is 29.7 Å². The van der Waals surface area contributed by atoms with Crippen LogP contribution < -0.4 is 0 Å². The lowest BCUT2D eigenvalue weighted by Gasteiger charge is -2.37. The molecule has 5 heteroatoms. The van der Waals surface area contributed by atoms with E-state index in [4.69, 9.17) is 0 Å². The highest BCUT2D eigenvalue weighted by atomic mass is 19.1. The Bertz CT molecular complexity index is 799. The number of carbonyl (C=O) groups is 2. The van der Waals surface area contributed by atoms with E-state index in [1.807, 2.05) is 35.2 Å². The number of piperazine rings is 1. The Kier molecular flexibility index (Phi) is 5.89. The summed E-state index contributed by atoms with van der Waals surface area (Å²) in [6, 6.07) is 15.6. The highest BCUT2D eigenvalue weighted by Gasteiger charge is 2.31. The van der Waals surface area contributed by atoms with Crippen molar-refractivity contribution < 1.29 is 14.0 Å². The molecule has 0 aromatic heterocycles. The predicted octanol–water partition coefficient (Wildman–Crippen LogP) is 3.55. The first-order chi connectivity index (χ1) is 13.0. The van der Waals surface area contributed by atoms with E-state index in [-0.39, 0.29) is 23.7 Å². The molecule has 3 rings (SSSR count). The van der Waals surface area contributed by atoms with Gasteiger partial charge in [-0.15, -0.1) is 0 Å². The molecule has 1 atom stereocenters. The van der Waals surface area contributed by atoms with Crippen LogP contribution in [0.3, 0.4) is 0 Å². The maximum absolute atomic E-state index is 13.4. The van der Waals surface area contributed by atoms with Crippen LogP contribution >= 0.6 is 0 Å². The summed E-state index contributed by atoms with van der Waals surface area (Å²) >= 11 is 0. The molecular formula is C22H25FN2O2. The molecule has 1 aliphatic heterocycles. The van der Waals surface area contributed by atoms with E-state index in [0.29, 0.717) is 31.7 Å². The van der Waals surface area contributed by atoms with Gasteiger partial charge in [-0.25, -0.2) is 4.39 Å². The third kappa shape index (κ3) is 4.35. The fourth-order valence-electron chi connectivity index (χ4n) is 3.60. The topological polar surface area (TPSA) is 40.6 Å². The average Bonchev–Trinajstić information content (AvgIpc) is 2.68. The summed E-state index contributed by atoms with van der Waals surface area (Å²) < 4.78 is 13.4. The summed E-state index contributed by atoms with van der Waals surface area (Å²) in [6.07, 6.45) is 0. The Hall–Kier alpha value is -2.69. The fourth-order valence-corrected chi connectivity index (χ4v) is 3.60. The highest BCUT2D eigenvalue weighted by Crippen LogP contribution is 2.27. The predicted molar refractivity (Wildman–Crippen MR) is 103 cm³/mol. The Morgan fingerprint density at radius 3 is 2.11 bits per heavy atom. The number of halogens is 1. The minimum Gasteiger partial charge on any atom is -0.339 e. The Morgan fingerprint density at radius 1 is 0.889 bits per heavy atom. The van der Waals surface area contributed by atoms with Crippen LogP contribution in [0.4, 0.5) is 4.39 Å². The summed E-state index contributed by atoms with van der Waals surface area (Å²) in [4.78, 5) is 29.2. The lowest BCUT2D eigenvalue weighted by Crippen LogP contribution is -2.52. The minimum absolute atomic E-state index is 0.106. The van der Waals surface area contributed by atoms with Gasteiger partial charge in [0.15, 0.2) is 0 Å². The Labute approximate surface area is 159 Å². The van der Waals surface area contributed by atoms with Gasteiger partial charge in [0.2, 0.25) is 5.91 Å². The van der Waals surface area contributed by atoms with Gasteiger partial charge < -0.3 is 9.80 Å². The van der Waals surface area contributed by atoms with Gasteiger partial charge in [0.25, 0.3) is 5.91 Å². The zero-order chi connectivity index (χ0) is 19.4. The Balaban J connectivity index is 1.66. The van der Waals surface area contributed by atoms with Crippen LogP contribution in [0.25, 0.3) is 0 Å². The van der Waals surface area contributed by atoms with Crippen LogP contribution in [0.5, 0.6) is 0 Å². The van der Waals surface area contributed by atoms with Crippen LogP contribution in [0, 0.1) is 11.7 Å². The largest absolute Gasteiger partial charge is 0.339 e. The summed E-state index contributed by atoms with van der Waals surface area (Å²) in [5.74, 6) is -0.500. The van der Waals surface area contributed by atoms with E-state index in [2.05, 4.69) is 13.8 Å². The van der Waals surface area contributed by atoms with Crippen molar-refractivity contribution in [3.63, 3.8) is 0 Å². The van der Waals surface area contributed by atoms with Crippen LogP contribution in [0.15, 0.2) is 54.6 Å². The van der Waals surface area contributed by atoms with Crippen molar-refractivity contribution in [3.05, 3.63) is 71.5 Å². The van der Waals surface area contributed by atoms with Crippen LogP contribution in [0.2, 0.25) is 0 Å². The van der Waals surface area contributed by atoms with Crippen LogP contribution in [-0.4, -0.2) is 47.8 Å². The molecule has 1 fully saturated rings. The maximum Gasteiger partial charge on any atom is 0.254 e. The highest BCUT2D eigenvalue weighted by molar-refractivity contribution is 5.94. The maximum atomic E-state index is 13.4. The number of hydrogen-bond acceptors (Lipinski definition) is 2. The number of nitrogens with zero attached hydrogens (tertiary/aromatic N) is 2. The van der Waals surface area contributed by atoms with Crippen LogP contribution in [-0.2, 0) is 4.79 Å². The van der Waals surface area contributed by atoms with Crippen molar-refractivity contribution >= 4 is 11.8 Å². The van der Waals surface area contributed by atoms with E-state index in [1.54, 1.807) is 11.0 Å². The van der Waals surface area contributed by atoms with Crippen molar-refractivity contribution in [1.29, 1.82) is 0 Å². The summed E-state index contributed by atoms with van der Waals surface area (Å²) in [5.41, 5.74) is 1.37. The van der Waals surface area contributed by atoms with Gasteiger partial charge in [-0.3, -0.25) is 9.59 Å².